The molecule has 0 radical (unpaired) electrons. The standard InChI is InChI=1S/C36H42N4O6S/c1-25(29-15-8-5-9-16-29)40(36(44)31-19-30(35(37)43)20-32(21-31)39(2)47(3,45)46)33(18-26-11-6-4-7-12-26)34(42)23-38-22-27-13-10-14-28(17-27)24-41/h4-17,19-21,25,33-34,38,41-42H,18,22-24H2,1-3H3,(H2,37,43)/t25-,33+,34-/m1/s1. The number of anilines is 1. The fourth-order valence-electron chi connectivity index (χ4n) is 5.52. The number of sulfonamides is 1. The lowest BCUT2D eigenvalue weighted by Gasteiger charge is -2.40. The molecule has 0 aliphatic rings. The number of benzene rings is 4. The third-order valence-corrected chi connectivity index (χ3v) is 9.40. The van der Waals surface area contributed by atoms with Gasteiger partial charge in [0.15, 0.2) is 0 Å². The number of hydrogen-bond donors (Lipinski definition) is 4. The second kappa shape index (κ2) is 15.8. The molecule has 4 aromatic rings. The Kier molecular flexibility index (Phi) is 11.9. The Bertz CT molecular complexity index is 1770. The maximum atomic E-state index is 14.7. The van der Waals surface area contributed by atoms with Crippen LogP contribution in [0.5, 0.6) is 0 Å². The van der Waals surface area contributed by atoms with E-state index in [0.717, 1.165) is 32.8 Å². The predicted molar refractivity (Wildman–Crippen MR) is 183 cm³/mol. The van der Waals surface area contributed by atoms with Gasteiger partial charge in [0.25, 0.3) is 5.91 Å². The number of nitrogens with two attached hydrogens (primary N) is 1. The fraction of sp³-hybridized carbons (Fsp3) is 0.278. The summed E-state index contributed by atoms with van der Waals surface area (Å²) >= 11 is 0. The van der Waals surface area contributed by atoms with E-state index in [9.17, 15) is 28.2 Å². The Morgan fingerprint density at radius 2 is 1.45 bits per heavy atom. The highest BCUT2D eigenvalue weighted by atomic mass is 32.2. The van der Waals surface area contributed by atoms with Gasteiger partial charge >= 0.3 is 0 Å². The van der Waals surface area contributed by atoms with Crippen LogP contribution >= 0.6 is 0 Å². The molecule has 0 saturated carbocycles. The number of hydrogen-bond acceptors (Lipinski definition) is 7. The first-order valence-electron chi connectivity index (χ1n) is 15.3. The summed E-state index contributed by atoms with van der Waals surface area (Å²) in [6, 6.07) is 29.2. The quantitative estimate of drug-likeness (QED) is 0.152. The number of carbonyl (C=O) groups is 2. The van der Waals surface area contributed by atoms with Crippen LogP contribution in [0.3, 0.4) is 0 Å². The molecular weight excluding hydrogens is 616 g/mol. The lowest BCUT2D eigenvalue weighted by Crippen LogP contribution is -2.52. The molecule has 0 heterocycles. The van der Waals surface area contributed by atoms with Gasteiger partial charge in [-0.15, -0.1) is 0 Å². The average molecular weight is 659 g/mol. The molecule has 0 unspecified atom stereocenters. The van der Waals surface area contributed by atoms with E-state index >= 15 is 0 Å². The van der Waals surface area contributed by atoms with Crippen molar-refractivity contribution in [3.63, 3.8) is 0 Å². The van der Waals surface area contributed by atoms with Crippen molar-refractivity contribution in [2.24, 2.45) is 5.73 Å². The highest BCUT2D eigenvalue weighted by molar-refractivity contribution is 7.92. The van der Waals surface area contributed by atoms with Crippen LogP contribution in [0.1, 0.15) is 55.9 Å². The predicted octanol–water partition coefficient (Wildman–Crippen LogP) is 3.64. The van der Waals surface area contributed by atoms with Gasteiger partial charge in [-0.25, -0.2) is 8.42 Å². The first-order valence-corrected chi connectivity index (χ1v) is 17.1. The molecule has 248 valence electrons. The summed E-state index contributed by atoms with van der Waals surface area (Å²) in [5, 5.41) is 24.7. The van der Waals surface area contributed by atoms with Gasteiger partial charge in [0, 0.05) is 31.3 Å². The normalized spacial score (nSPS) is 13.4. The summed E-state index contributed by atoms with van der Waals surface area (Å²) < 4.78 is 25.8. The van der Waals surface area contributed by atoms with Crippen LogP contribution in [0.4, 0.5) is 5.69 Å². The van der Waals surface area contributed by atoms with E-state index in [4.69, 9.17) is 5.73 Å². The number of aliphatic hydroxyl groups is 2. The summed E-state index contributed by atoms with van der Waals surface area (Å²) in [5.74, 6) is -1.33. The van der Waals surface area contributed by atoms with Crippen LogP contribution in [0.15, 0.2) is 103 Å². The van der Waals surface area contributed by atoms with Gasteiger partial charge in [-0.3, -0.25) is 13.9 Å². The molecule has 4 rings (SSSR count). The van der Waals surface area contributed by atoms with Gasteiger partial charge in [0.2, 0.25) is 15.9 Å². The van der Waals surface area contributed by atoms with E-state index in [1.165, 1.54) is 25.2 Å². The van der Waals surface area contributed by atoms with Crippen molar-refractivity contribution in [3.05, 3.63) is 137 Å². The molecule has 10 nitrogen and oxygen atoms in total. The van der Waals surface area contributed by atoms with Crippen molar-refractivity contribution in [2.75, 3.05) is 24.2 Å². The topological polar surface area (TPSA) is 153 Å². The van der Waals surface area contributed by atoms with Crippen LogP contribution in [-0.4, -0.2) is 67.3 Å². The van der Waals surface area contributed by atoms with Crippen molar-refractivity contribution in [1.29, 1.82) is 0 Å². The van der Waals surface area contributed by atoms with Crippen LogP contribution < -0.4 is 15.4 Å². The van der Waals surface area contributed by atoms with E-state index in [2.05, 4.69) is 5.32 Å². The zero-order chi connectivity index (χ0) is 34.1. The second-order valence-corrected chi connectivity index (χ2v) is 13.6. The molecule has 3 atom stereocenters. The molecule has 11 heteroatoms. The highest BCUT2D eigenvalue weighted by Gasteiger charge is 2.35. The van der Waals surface area contributed by atoms with Crippen LogP contribution in [0.2, 0.25) is 0 Å². The Morgan fingerprint density at radius 3 is 2.06 bits per heavy atom. The van der Waals surface area contributed by atoms with Crippen LogP contribution in [0.25, 0.3) is 0 Å². The monoisotopic (exact) mass is 658 g/mol. The van der Waals surface area contributed by atoms with E-state index < -0.39 is 40.0 Å². The molecule has 0 aliphatic carbocycles. The zero-order valence-corrected chi connectivity index (χ0v) is 27.6. The lowest BCUT2D eigenvalue weighted by atomic mass is 9.94. The number of rotatable bonds is 15. The number of nitrogens with one attached hydrogen (secondary N) is 1. The van der Waals surface area contributed by atoms with Gasteiger partial charge in [-0.05, 0) is 53.8 Å². The maximum absolute atomic E-state index is 14.7. The summed E-state index contributed by atoms with van der Waals surface area (Å²) in [5.41, 5.74) is 9.17. The van der Waals surface area contributed by atoms with Gasteiger partial charge in [-0.2, -0.15) is 0 Å². The SMILES string of the molecule is C[C@H](c1ccccc1)N(C(=O)c1cc(C(N)=O)cc(N(C)S(C)(=O)=O)c1)[C@@H](Cc1ccccc1)[C@H](O)CNCc1cccc(CO)c1. The Balaban J connectivity index is 1.79. The van der Waals surface area contributed by atoms with Crippen LogP contribution in [-0.2, 0) is 29.6 Å². The van der Waals surface area contributed by atoms with E-state index in [1.807, 2.05) is 91.9 Å². The minimum Gasteiger partial charge on any atom is -0.392 e. The maximum Gasteiger partial charge on any atom is 0.254 e. The zero-order valence-electron chi connectivity index (χ0n) is 26.8. The number of carbonyl (C=O) groups excluding carboxylic acids is 2. The highest BCUT2D eigenvalue weighted by Crippen LogP contribution is 2.30. The molecule has 0 aliphatic heterocycles. The number of nitrogens with zero attached hydrogens (tertiary/aromatic N) is 2. The minimum atomic E-state index is -3.73. The van der Waals surface area contributed by atoms with Crippen LogP contribution in [0, 0.1) is 0 Å². The molecule has 2 amide bonds. The van der Waals surface area contributed by atoms with Crippen molar-refractivity contribution >= 4 is 27.5 Å². The molecule has 0 saturated heterocycles. The minimum absolute atomic E-state index is 0.0272. The van der Waals surface area contributed by atoms with Crippen molar-refractivity contribution in [3.8, 4) is 0 Å². The molecule has 0 fully saturated rings. The summed E-state index contributed by atoms with van der Waals surface area (Å²) in [4.78, 5) is 28.7. The number of amides is 2. The van der Waals surface area contributed by atoms with E-state index in [0.29, 0.717) is 13.0 Å². The molecule has 0 spiro atoms. The van der Waals surface area contributed by atoms with Crippen molar-refractivity contribution in [2.45, 2.75) is 44.7 Å². The van der Waals surface area contributed by atoms with Crippen molar-refractivity contribution < 1.29 is 28.2 Å². The third kappa shape index (κ3) is 9.26. The van der Waals surface area contributed by atoms with Gasteiger partial charge < -0.3 is 26.2 Å². The summed E-state index contributed by atoms with van der Waals surface area (Å²) in [6.45, 7) is 2.35. The molecule has 0 aromatic heterocycles. The molecule has 0 bridgehead atoms. The fourth-order valence-corrected chi connectivity index (χ4v) is 6.01. The van der Waals surface area contributed by atoms with Crippen molar-refractivity contribution in [1.82, 2.24) is 10.2 Å². The number of primary amides is 1. The number of aliphatic hydroxyl groups excluding tert-OH is 2. The van der Waals surface area contributed by atoms with Gasteiger partial charge in [-0.1, -0.05) is 84.9 Å². The Hall–Kier alpha value is -4.55. The van der Waals surface area contributed by atoms with E-state index in [1.54, 1.807) is 4.90 Å². The smallest absolute Gasteiger partial charge is 0.254 e. The molecular formula is C36H42N4O6S. The summed E-state index contributed by atoms with van der Waals surface area (Å²) in [7, 11) is -2.40. The largest absolute Gasteiger partial charge is 0.392 e. The molecule has 5 N–H and O–H groups in total. The Morgan fingerprint density at radius 1 is 0.851 bits per heavy atom. The molecule has 4 aromatic carbocycles. The second-order valence-electron chi connectivity index (χ2n) is 11.6. The first-order chi connectivity index (χ1) is 22.4. The third-order valence-electron chi connectivity index (χ3n) is 8.19. The lowest BCUT2D eigenvalue weighted by molar-refractivity contribution is 0.0221. The van der Waals surface area contributed by atoms with Gasteiger partial charge in [0.1, 0.15) is 0 Å². The Labute approximate surface area is 276 Å². The van der Waals surface area contributed by atoms with E-state index in [-0.39, 0.29) is 30.0 Å². The first kappa shape index (κ1) is 35.3. The molecule has 47 heavy (non-hydrogen) atoms. The van der Waals surface area contributed by atoms with Gasteiger partial charge in [0.05, 0.1) is 36.7 Å². The average Bonchev–Trinajstić information content (AvgIpc) is 3.07. The summed E-state index contributed by atoms with van der Waals surface area (Å²) in [6.07, 6.45) is 0.274.